The van der Waals surface area contributed by atoms with E-state index in [4.69, 9.17) is 20.9 Å². The van der Waals surface area contributed by atoms with Crippen LogP contribution in [0.2, 0.25) is 0 Å². The van der Waals surface area contributed by atoms with Gasteiger partial charge in [-0.25, -0.2) is 4.79 Å². The van der Waals surface area contributed by atoms with Crippen LogP contribution in [0.5, 0.6) is 0 Å². The third kappa shape index (κ3) is 3.34. The van der Waals surface area contributed by atoms with E-state index in [1.54, 1.807) is 12.3 Å². The van der Waals surface area contributed by atoms with E-state index in [0.29, 0.717) is 12.8 Å². The molecule has 8 nitrogen and oxygen atoms in total. The van der Waals surface area contributed by atoms with E-state index in [9.17, 15) is 9.90 Å². The van der Waals surface area contributed by atoms with E-state index >= 15 is 0 Å². The minimum atomic E-state index is -1.00. The summed E-state index contributed by atoms with van der Waals surface area (Å²) in [5.74, 6) is 0.182. The van der Waals surface area contributed by atoms with E-state index in [-0.39, 0.29) is 19.0 Å². The molecule has 1 saturated heterocycles. The van der Waals surface area contributed by atoms with Crippen LogP contribution in [0.15, 0.2) is 17.1 Å². The van der Waals surface area contributed by atoms with Crippen LogP contribution < -0.4 is 17.2 Å². The maximum atomic E-state index is 11.8. The van der Waals surface area contributed by atoms with Gasteiger partial charge < -0.3 is 26.0 Å². The number of nitrogens with zero attached hydrogens (tertiary/aromatic N) is 2. The fourth-order valence-electron chi connectivity index (χ4n) is 2.16. The van der Waals surface area contributed by atoms with Gasteiger partial charge in [0.25, 0.3) is 0 Å². The summed E-state index contributed by atoms with van der Waals surface area (Å²) >= 11 is 0. The zero-order valence-electron chi connectivity index (χ0n) is 11.4. The molecule has 3 atom stereocenters. The van der Waals surface area contributed by atoms with Crippen molar-refractivity contribution in [3.63, 3.8) is 0 Å². The Morgan fingerprint density at radius 2 is 2.50 bits per heavy atom. The zero-order chi connectivity index (χ0) is 14.8. The van der Waals surface area contributed by atoms with E-state index in [2.05, 4.69) is 4.98 Å². The molecule has 2 heterocycles. The van der Waals surface area contributed by atoms with Crippen molar-refractivity contribution in [2.45, 2.75) is 37.9 Å². The summed E-state index contributed by atoms with van der Waals surface area (Å²) in [6.07, 6.45) is 1.52. The van der Waals surface area contributed by atoms with E-state index in [1.165, 1.54) is 4.57 Å². The second-order valence-corrected chi connectivity index (χ2v) is 5.10. The minimum absolute atomic E-state index is 0.0286. The number of rotatable bonds is 5. The quantitative estimate of drug-likeness (QED) is 0.603. The van der Waals surface area contributed by atoms with Crippen molar-refractivity contribution in [3.05, 3.63) is 22.7 Å². The molecule has 0 bridgehead atoms. The fourth-order valence-corrected chi connectivity index (χ4v) is 2.16. The van der Waals surface area contributed by atoms with Crippen molar-refractivity contribution < 1.29 is 14.6 Å². The zero-order valence-corrected chi connectivity index (χ0v) is 11.4. The third-order valence-corrected chi connectivity index (χ3v) is 3.29. The number of hydrogen-bond acceptors (Lipinski definition) is 7. The summed E-state index contributed by atoms with van der Waals surface area (Å²) in [6, 6.07) is 1.55. The van der Waals surface area contributed by atoms with E-state index in [0.717, 1.165) is 0 Å². The summed E-state index contributed by atoms with van der Waals surface area (Å²) in [7, 11) is 0. The second-order valence-electron chi connectivity index (χ2n) is 5.10. The van der Waals surface area contributed by atoms with Gasteiger partial charge in [-0.05, 0) is 25.8 Å². The Morgan fingerprint density at radius 1 is 1.75 bits per heavy atom. The molecule has 1 aliphatic rings. The van der Waals surface area contributed by atoms with Gasteiger partial charge in [-0.1, -0.05) is 0 Å². The first-order valence-corrected chi connectivity index (χ1v) is 6.46. The lowest BCUT2D eigenvalue weighted by molar-refractivity contribution is -0.160. The van der Waals surface area contributed by atoms with Crippen molar-refractivity contribution >= 4 is 5.82 Å². The molecule has 0 aromatic carbocycles. The van der Waals surface area contributed by atoms with Crippen LogP contribution in [0.4, 0.5) is 5.82 Å². The summed E-state index contributed by atoms with van der Waals surface area (Å²) < 4.78 is 12.5. The third-order valence-electron chi connectivity index (χ3n) is 3.29. The number of nitrogen functional groups attached to an aromatic ring is 1. The summed E-state index contributed by atoms with van der Waals surface area (Å²) in [6.45, 7) is 2.10. The van der Waals surface area contributed by atoms with Crippen LogP contribution >= 0.6 is 0 Å². The summed E-state index contributed by atoms with van der Waals surface area (Å²) in [5.41, 5.74) is 9.71. The van der Waals surface area contributed by atoms with Crippen LogP contribution in [0.25, 0.3) is 0 Å². The van der Waals surface area contributed by atoms with Gasteiger partial charge in [0.05, 0.1) is 12.2 Å². The Labute approximate surface area is 116 Å². The van der Waals surface area contributed by atoms with E-state index < -0.39 is 23.8 Å². The number of aliphatic hydroxyl groups is 1. The van der Waals surface area contributed by atoms with Crippen LogP contribution in [0.3, 0.4) is 0 Å². The van der Waals surface area contributed by atoms with Crippen LogP contribution in [-0.2, 0) is 9.47 Å². The monoisotopic (exact) mass is 284 g/mol. The minimum Gasteiger partial charge on any atom is -0.383 e. The van der Waals surface area contributed by atoms with Crippen LogP contribution in [0, 0.1) is 0 Å². The molecular weight excluding hydrogens is 264 g/mol. The molecule has 1 aromatic rings. The van der Waals surface area contributed by atoms with Crippen molar-refractivity contribution in [1.82, 2.24) is 9.55 Å². The van der Waals surface area contributed by atoms with Gasteiger partial charge in [-0.2, -0.15) is 4.98 Å². The molecule has 0 aliphatic carbocycles. The Kier molecular flexibility index (Phi) is 4.39. The highest BCUT2D eigenvalue weighted by atomic mass is 16.6. The van der Waals surface area contributed by atoms with Gasteiger partial charge in [0.2, 0.25) is 0 Å². The van der Waals surface area contributed by atoms with Crippen molar-refractivity contribution in [1.29, 1.82) is 0 Å². The molecule has 0 spiro atoms. The van der Waals surface area contributed by atoms with Crippen molar-refractivity contribution in [3.8, 4) is 0 Å². The molecular formula is C12H20N4O4. The first-order chi connectivity index (χ1) is 9.43. The predicted molar refractivity (Wildman–Crippen MR) is 71.7 cm³/mol. The Morgan fingerprint density at radius 3 is 3.15 bits per heavy atom. The van der Waals surface area contributed by atoms with Crippen LogP contribution in [0.1, 0.15) is 26.0 Å². The highest BCUT2D eigenvalue weighted by molar-refractivity contribution is 5.23. The maximum Gasteiger partial charge on any atom is 0.351 e. The number of aliphatic hydroxyl groups excluding tert-OH is 1. The lowest BCUT2D eigenvalue weighted by Crippen LogP contribution is -2.36. The average molecular weight is 284 g/mol. The molecule has 1 aromatic heterocycles. The SMILES string of the molecule is CC1(COC(O)CN)CC[C@H](n2ccc(N)nc2=O)O1. The molecule has 1 fully saturated rings. The van der Waals surface area contributed by atoms with Gasteiger partial charge in [0.15, 0.2) is 6.29 Å². The largest absolute Gasteiger partial charge is 0.383 e. The average Bonchev–Trinajstić information content (AvgIpc) is 2.79. The first-order valence-electron chi connectivity index (χ1n) is 6.46. The smallest absolute Gasteiger partial charge is 0.351 e. The van der Waals surface area contributed by atoms with E-state index in [1.807, 2.05) is 6.92 Å². The van der Waals surface area contributed by atoms with Crippen molar-refractivity contribution in [2.24, 2.45) is 5.73 Å². The highest BCUT2D eigenvalue weighted by Gasteiger charge is 2.38. The van der Waals surface area contributed by atoms with Gasteiger partial charge in [0, 0.05) is 12.7 Å². The number of ether oxygens (including phenoxy) is 2. The molecule has 1 aliphatic heterocycles. The predicted octanol–water partition coefficient (Wildman–Crippen LogP) is -0.813. The summed E-state index contributed by atoms with van der Waals surface area (Å²) in [5, 5.41) is 9.31. The normalized spacial score (nSPS) is 27.6. The molecule has 20 heavy (non-hydrogen) atoms. The topological polar surface area (TPSA) is 126 Å². The molecule has 0 amide bonds. The van der Waals surface area contributed by atoms with Crippen molar-refractivity contribution in [2.75, 3.05) is 18.9 Å². The molecule has 0 saturated carbocycles. The fraction of sp³-hybridized carbons (Fsp3) is 0.667. The standard InChI is InChI=1S/C12H20N4O4/c1-12(7-19-10(17)6-13)4-2-9(20-12)16-5-3-8(14)15-11(16)18/h3,5,9-10,17H,2,4,6-7,13H2,1H3,(H2,14,15,18)/t9-,10?,12?/m1/s1. The van der Waals surface area contributed by atoms with Gasteiger partial charge in [-0.15, -0.1) is 0 Å². The number of aromatic nitrogens is 2. The van der Waals surface area contributed by atoms with Gasteiger partial charge in [-0.3, -0.25) is 4.57 Å². The molecule has 2 unspecified atom stereocenters. The molecule has 0 radical (unpaired) electrons. The first kappa shape index (κ1) is 14.9. The molecule has 8 heteroatoms. The molecule has 5 N–H and O–H groups in total. The van der Waals surface area contributed by atoms with Crippen LogP contribution in [-0.4, -0.2) is 39.7 Å². The number of anilines is 1. The second kappa shape index (κ2) is 5.88. The summed E-state index contributed by atoms with van der Waals surface area (Å²) in [4.78, 5) is 15.4. The Balaban J connectivity index is 2.02. The lowest BCUT2D eigenvalue weighted by Gasteiger charge is -2.26. The Bertz CT molecular complexity index is 520. The lowest BCUT2D eigenvalue weighted by atomic mass is 10.0. The Hall–Kier alpha value is -1.48. The highest BCUT2D eigenvalue weighted by Crippen LogP contribution is 2.35. The van der Waals surface area contributed by atoms with Gasteiger partial charge >= 0.3 is 5.69 Å². The number of nitrogens with two attached hydrogens (primary N) is 2. The maximum absolute atomic E-state index is 11.8. The molecule has 2 rings (SSSR count). The van der Waals surface area contributed by atoms with Gasteiger partial charge in [0.1, 0.15) is 12.0 Å². The number of hydrogen-bond donors (Lipinski definition) is 3. The molecule has 112 valence electrons.